The molecule has 0 aromatic carbocycles. The zero-order valence-corrected chi connectivity index (χ0v) is 15.1. The van der Waals surface area contributed by atoms with Gasteiger partial charge in [0.25, 0.3) is 10.2 Å². The molecule has 23 heavy (non-hydrogen) atoms. The van der Waals surface area contributed by atoms with Gasteiger partial charge in [0.05, 0.1) is 0 Å². The molecule has 132 valence electrons. The fourth-order valence-electron chi connectivity index (χ4n) is 3.88. The highest BCUT2D eigenvalue weighted by atomic mass is 32.2. The summed E-state index contributed by atoms with van der Waals surface area (Å²) in [5.74, 6) is 1.04. The summed E-state index contributed by atoms with van der Waals surface area (Å²) in [5, 5.41) is 0. The Morgan fingerprint density at radius 3 is 2.26 bits per heavy atom. The van der Waals surface area contributed by atoms with Gasteiger partial charge < -0.3 is 4.90 Å². The third-order valence-electron chi connectivity index (χ3n) is 5.88. The van der Waals surface area contributed by atoms with Crippen molar-refractivity contribution in [2.45, 2.75) is 44.9 Å². The van der Waals surface area contributed by atoms with Crippen LogP contribution in [0.5, 0.6) is 0 Å². The van der Waals surface area contributed by atoms with Gasteiger partial charge in [0, 0.05) is 46.7 Å². The highest BCUT2D eigenvalue weighted by Gasteiger charge is 2.41. The summed E-state index contributed by atoms with van der Waals surface area (Å²) < 4.78 is 27.4. The van der Waals surface area contributed by atoms with Crippen molar-refractivity contribution in [3.63, 3.8) is 0 Å². The first-order valence-electron chi connectivity index (χ1n) is 8.78. The molecule has 2 saturated heterocycles. The van der Waals surface area contributed by atoms with Crippen molar-refractivity contribution in [1.82, 2.24) is 13.5 Å². The van der Waals surface area contributed by atoms with Crippen molar-refractivity contribution in [2.24, 2.45) is 11.3 Å². The third-order valence-corrected chi connectivity index (χ3v) is 7.82. The average molecular weight is 343 g/mol. The van der Waals surface area contributed by atoms with Crippen molar-refractivity contribution in [3.05, 3.63) is 0 Å². The highest BCUT2D eigenvalue weighted by molar-refractivity contribution is 7.86. The molecule has 3 rings (SSSR count). The van der Waals surface area contributed by atoms with Crippen LogP contribution in [0.3, 0.4) is 0 Å². The monoisotopic (exact) mass is 343 g/mol. The van der Waals surface area contributed by atoms with Gasteiger partial charge in [-0.2, -0.15) is 17.0 Å². The largest absolute Gasteiger partial charge is 0.342 e. The summed E-state index contributed by atoms with van der Waals surface area (Å²) in [6, 6.07) is 0. The summed E-state index contributed by atoms with van der Waals surface area (Å²) in [4.78, 5) is 14.4. The van der Waals surface area contributed by atoms with Crippen molar-refractivity contribution in [3.8, 4) is 0 Å². The van der Waals surface area contributed by atoms with Crippen molar-refractivity contribution >= 4 is 16.1 Å². The summed E-state index contributed by atoms with van der Waals surface area (Å²) >= 11 is 0. The average Bonchev–Trinajstić information content (AvgIpc) is 3.34. The van der Waals surface area contributed by atoms with Crippen LogP contribution in [0.4, 0.5) is 0 Å². The smallest absolute Gasteiger partial charge is 0.281 e. The Morgan fingerprint density at radius 2 is 1.70 bits per heavy atom. The molecule has 1 amide bonds. The van der Waals surface area contributed by atoms with Crippen molar-refractivity contribution in [1.29, 1.82) is 0 Å². The second-order valence-electron chi connectivity index (χ2n) is 7.72. The number of hydrogen-bond donors (Lipinski definition) is 0. The molecule has 1 spiro atoms. The first-order valence-corrected chi connectivity index (χ1v) is 10.2. The van der Waals surface area contributed by atoms with Crippen LogP contribution in [0.25, 0.3) is 0 Å². The zero-order chi connectivity index (χ0) is 16.7. The van der Waals surface area contributed by atoms with Crippen LogP contribution < -0.4 is 0 Å². The van der Waals surface area contributed by atoms with Crippen LogP contribution in [0.15, 0.2) is 0 Å². The Labute approximate surface area is 140 Å². The number of piperidine rings is 1. The number of amides is 1. The summed E-state index contributed by atoms with van der Waals surface area (Å²) in [7, 11) is -0.138. The summed E-state index contributed by atoms with van der Waals surface area (Å²) in [5.41, 5.74) is 0.159. The zero-order valence-electron chi connectivity index (χ0n) is 14.3. The summed E-state index contributed by atoms with van der Waals surface area (Å²) in [6.45, 7) is 2.96. The van der Waals surface area contributed by atoms with E-state index in [2.05, 4.69) is 4.90 Å². The minimum Gasteiger partial charge on any atom is -0.342 e. The maximum Gasteiger partial charge on any atom is 0.281 e. The Bertz CT molecular complexity index is 549. The molecule has 2 aliphatic heterocycles. The van der Waals surface area contributed by atoms with E-state index in [1.807, 2.05) is 0 Å². The molecule has 3 fully saturated rings. The van der Waals surface area contributed by atoms with Crippen LogP contribution >= 0.6 is 0 Å². The van der Waals surface area contributed by atoms with Gasteiger partial charge >= 0.3 is 0 Å². The molecule has 0 unspecified atom stereocenters. The third kappa shape index (κ3) is 3.72. The van der Waals surface area contributed by atoms with Gasteiger partial charge in [0.15, 0.2) is 0 Å². The van der Waals surface area contributed by atoms with Crippen LogP contribution in [-0.4, -0.2) is 68.1 Å². The molecule has 0 aromatic rings. The van der Waals surface area contributed by atoms with Gasteiger partial charge in [0.1, 0.15) is 0 Å². The number of likely N-dealkylation sites (tertiary alicyclic amines) is 1. The molecule has 2 heterocycles. The molecule has 0 aromatic heterocycles. The van der Waals surface area contributed by atoms with Crippen molar-refractivity contribution < 1.29 is 13.2 Å². The lowest BCUT2D eigenvalue weighted by Crippen LogP contribution is -2.47. The molecule has 0 radical (unpaired) electrons. The Balaban J connectivity index is 1.60. The van der Waals surface area contributed by atoms with Crippen LogP contribution in [0.1, 0.15) is 44.9 Å². The first-order chi connectivity index (χ1) is 10.8. The second-order valence-corrected chi connectivity index (χ2v) is 9.86. The Kier molecular flexibility index (Phi) is 4.73. The Hall–Kier alpha value is -0.660. The molecular weight excluding hydrogens is 314 g/mol. The molecule has 7 heteroatoms. The van der Waals surface area contributed by atoms with Crippen LogP contribution in [0.2, 0.25) is 0 Å². The summed E-state index contributed by atoms with van der Waals surface area (Å²) in [6.07, 6.45) is 6.88. The lowest BCUT2D eigenvalue weighted by Gasteiger charge is -2.41. The highest BCUT2D eigenvalue weighted by Crippen LogP contribution is 2.42. The van der Waals surface area contributed by atoms with Gasteiger partial charge in [-0.3, -0.25) is 4.79 Å². The SMILES string of the molecule is CN(C)S(=O)(=O)N1CCC2(CCC(=O)N(CC3CC3)CC2)CC1. The Morgan fingerprint density at radius 1 is 1.09 bits per heavy atom. The minimum atomic E-state index is -3.30. The fraction of sp³-hybridized carbons (Fsp3) is 0.938. The maximum absolute atomic E-state index is 12.3. The maximum atomic E-state index is 12.3. The van der Waals surface area contributed by atoms with E-state index in [9.17, 15) is 13.2 Å². The topological polar surface area (TPSA) is 60.9 Å². The number of rotatable bonds is 4. The first kappa shape index (κ1) is 17.2. The van der Waals surface area contributed by atoms with E-state index in [0.717, 1.165) is 44.7 Å². The number of carbonyl (C=O) groups is 1. The second kappa shape index (κ2) is 6.33. The minimum absolute atomic E-state index is 0.159. The van der Waals surface area contributed by atoms with Gasteiger partial charge in [-0.15, -0.1) is 0 Å². The van der Waals surface area contributed by atoms with E-state index < -0.39 is 10.2 Å². The van der Waals surface area contributed by atoms with Gasteiger partial charge in [-0.05, 0) is 49.9 Å². The molecule has 0 N–H and O–H groups in total. The van der Waals surface area contributed by atoms with Gasteiger partial charge in [0.2, 0.25) is 5.91 Å². The molecular formula is C16H29N3O3S. The van der Waals surface area contributed by atoms with Gasteiger partial charge in [-0.1, -0.05) is 0 Å². The molecule has 0 atom stereocenters. The lowest BCUT2D eigenvalue weighted by molar-refractivity contribution is -0.130. The quantitative estimate of drug-likeness (QED) is 0.773. The lowest BCUT2D eigenvalue weighted by atomic mass is 9.73. The van der Waals surface area contributed by atoms with E-state index >= 15 is 0 Å². The number of carbonyl (C=O) groups excluding carboxylic acids is 1. The van der Waals surface area contributed by atoms with E-state index in [1.54, 1.807) is 18.4 Å². The van der Waals surface area contributed by atoms with Crippen LogP contribution in [-0.2, 0) is 15.0 Å². The normalized spacial score (nSPS) is 26.7. The van der Waals surface area contributed by atoms with E-state index in [4.69, 9.17) is 0 Å². The predicted molar refractivity (Wildman–Crippen MR) is 89.0 cm³/mol. The molecule has 3 aliphatic rings. The van der Waals surface area contributed by atoms with E-state index in [-0.39, 0.29) is 5.41 Å². The van der Waals surface area contributed by atoms with Crippen molar-refractivity contribution in [2.75, 3.05) is 40.3 Å². The predicted octanol–water partition coefficient (Wildman–Crippen LogP) is 1.30. The van der Waals surface area contributed by atoms with E-state index in [1.165, 1.54) is 17.1 Å². The number of hydrogen-bond acceptors (Lipinski definition) is 3. The molecule has 1 saturated carbocycles. The molecule has 0 bridgehead atoms. The van der Waals surface area contributed by atoms with Gasteiger partial charge in [-0.25, -0.2) is 0 Å². The fourth-order valence-corrected chi connectivity index (χ4v) is 4.99. The van der Waals surface area contributed by atoms with Crippen LogP contribution in [0, 0.1) is 11.3 Å². The van der Waals surface area contributed by atoms with E-state index in [0.29, 0.717) is 25.4 Å². The molecule has 6 nitrogen and oxygen atoms in total. The standard InChI is InChI=1S/C16H29N3O3S/c1-17(2)23(21,22)19-11-8-16(9-12-19)6-5-15(20)18(10-7-16)13-14-3-4-14/h14H,3-13H2,1-2H3. The molecule has 1 aliphatic carbocycles. The number of nitrogens with zero attached hydrogens (tertiary/aromatic N) is 3.